The van der Waals surface area contributed by atoms with Gasteiger partial charge in [0.15, 0.2) is 9.84 Å². The Morgan fingerprint density at radius 2 is 1.80 bits per heavy atom. The first kappa shape index (κ1) is 27.2. The number of sulfone groups is 1. The van der Waals surface area contributed by atoms with Gasteiger partial charge in [-0.25, -0.2) is 8.42 Å². The van der Waals surface area contributed by atoms with E-state index in [4.69, 9.17) is 0 Å². The lowest BCUT2D eigenvalue weighted by molar-refractivity contribution is -0.116. The van der Waals surface area contributed by atoms with E-state index < -0.39 is 21.8 Å². The third-order valence-corrected chi connectivity index (χ3v) is 7.78. The van der Waals surface area contributed by atoms with Crippen molar-refractivity contribution < 1.29 is 18.0 Å². The number of anilines is 2. The maximum atomic E-state index is 12.7. The van der Waals surface area contributed by atoms with E-state index in [1.807, 2.05) is 6.07 Å². The molecule has 190 valence electrons. The molecule has 1 atom stereocenters. The van der Waals surface area contributed by atoms with Gasteiger partial charge in [0.2, 0.25) is 5.91 Å². The van der Waals surface area contributed by atoms with Gasteiger partial charge in [0, 0.05) is 23.1 Å². The molecule has 0 bridgehead atoms. The normalized spacial score (nSPS) is 15.3. The molecule has 8 nitrogen and oxygen atoms in total. The van der Waals surface area contributed by atoms with Gasteiger partial charge in [0.05, 0.1) is 22.9 Å². The summed E-state index contributed by atoms with van der Waals surface area (Å²) in [5.41, 5.74) is 2.13. The summed E-state index contributed by atoms with van der Waals surface area (Å²) in [7, 11) is -3.55. The smallest absolute Gasteiger partial charge is 0.251 e. The molecule has 0 unspecified atom stereocenters. The highest BCUT2D eigenvalue weighted by molar-refractivity contribution is 9.10. The molecule has 0 saturated carbocycles. The molecule has 2 amide bonds. The van der Waals surface area contributed by atoms with Gasteiger partial charge in [-0.1, -0.05) is 41.9 Å². The Morgan fingerprint density at radius 3 is 2.49 bits per heavy atom. The molecular weight excluding hydrogens is 532 g/mol. The van der Waals surface area contributed by atoms with Gasteiger partial charge in [0.1, 0.15) is 6.04 Å². The van der Waals surface area contributed by atoms with Gasteiger partial charge in [-0.15, -0.1) is 0 Å². The quantitative estimate of drug-likeness (QED) is 0.363. The van der Waals surface area contributed by atoms with E-state index in [9.17, 15) is 18.0 Å². The Hall–Kier alpha value is -2.43. The van der Waals surface area contributed by atoms with Gasteiger partial charge in [-0.05, 0) is 61.8 Å². The Labute approximate surface area is 215 Å². The lowest BCUT2D eigenvalue weighted by Crippen LogP contribution is -2.43. The molecule has 0 aromatic heterocycles. The van der Waals surface area contributed by atoms with E-state index >= 15 is 0 Å². The zero-order chi connectivity index (χ0) is 25.4. The number of hydrogen-bond acceptors (Lipinski definition) is 6. The minimum Gasteiger partial charge on any atom is -0.371 e. The average molecular weight is 566 g/mol. The second-order valence-corrected chi connectivity index (χ2v) is 11.8. The highest BCUT2D eigenvalue weighted by Crippen LogP contribution is 2.28. The first-order valence-corrected chi connectivity index (χ1v) is 14.5. The fourth-order valence-electron chi connectivity index (χ4n) is 4.10. The number of amides is 2. The van der Waals surface area contributed by atoms with Crippen LogP contribution in [0.2, 0.25) is 0 Å². The topological polar surface area (TPSA) is 108 Å². The van der Waals surface area contributed by atoms with Crippen molar-refractivity contribution in [3.8, 4) is 0 Å². The molecule has 0 aliphatic carbocycles. The zero-order valence-electron chi connectivity index (χ0n) is 20.1. The molecule has 1 heterocycles. The predicted molar refractivity (Wildman–Crippen MR) is 143 cm³/mol. The molecular formula is C25H33BrN4O4S. The second-order valence-electron chi connectivity index (χ2n) is 8.73. The summed E-state index contributed by atoms with van der Waals surface area (Å²) in [5.74, 6) is -1.15. The number of nitrogens with one attached hydrogen (secondary N) is 3. The van der Waals surface area contributed by atoms with Crippen LogP contribution in [0.1, 0.15) is 42.6 Å². The van der Waals surface area contributed by atoms with Crippen molar-refractivity contribution in [1.29, 1.82) is 0 Å². The zero-order valence-corrected chi connectivity index (χ0v) is 22.5. The van der Waals surface area contributed by atoms with Crippen LogP contribution in [-0.4, -0.2) is 63.1 Å². The van der Waals surface area contributed by atoms with E-state index in [-0.39, 0.29) is 17.4 Å². The van der Waals surface area contributed by atoms with E-state index in [0.29, 0.717) is 29.0 Å². The van der Waals surface area contributed by atoms with E-state index in [1.165, 1.54) is 0 Å². The van der Waals surface area contributed by atoms with Crippen molar-refractivity contribution in [1.82, 2.24) is 10.2 Å². The Kier molecular flexibility index (Phi) is 9.71. The highest BCUT2D eigenvalue weighted by Gasteiger charge is 2.30. The molecule has 2 aromatic rings. The molecule has 1 aliphatic heterocycles. The van der Waals surface area contributed by atoms with Crippen molar-refractivity contribution in [3.63, 3.8) is 0 Å². The fraction of sp³-hybridized carbons (Fsp3) is 0.440. The van der Waals surface area contributed by atoms with Crippen LogP contribution in [0.5, 0.6) is 0 Å². The van der Waals surface area contributed by atoms with Crippen LogP contribution in [0.4, 0.5) is 11.4 Å². The molecule has 0 radical (unpaired) electrons. The minimum absolute atomic E-state index is 0.155. The number of hydrogen-bond donors (Lipinski definition) is 3. The SMILES string of the molecule is CCCN(CCC)CCNC(=O)c1ccc2c(c1)NC(=O)[C@H](CS(=O)(=O)Cc1cccc(Br)c1)N2. The maximum absolute atomic E-state index is 12.7. The average Bonchev–Trinajstić information content (AvgIpc) is 2.79. The Balaban J connectivity index is 1.59. The van der Waals surface area contributed by atoms with Crippen LogP contribution in [0.25, 0.3) is 0 Å². The molecule has 0 saturated heterocycles. The number of halogens is 1. The van der Waals surface area contributed by atoms with Crippen molar-refractivity contribution in [2.45, 2.75) is 38.5 Å². The largest absolute Gasteiger partial charge is 0.371 e. The Morgan fingerprint density at radius 1 is 1.06 bits per heavy atom. The van der Waals surface area contributed by atoms with Crippen LogP contribution in [0, 0.1) is 0 Å². The van der Waals surface area contributed by atoms with Crippen LogP contribution in [0.3, 0.4) is 0 Å². The van der Waals surface area contributed by atoms with Crippen LogP contribution in [0.15, 0.2) is 46.9 Å². The Bertz CT molecular complexity index is 1150. The lowest BCUT2D eigenvalue weighted by Gasteiger charge is -2.27. The van der Waals surface area contributed by atoms with Gasteiger partial charge in [-0.2, -0.15) is 0 Å². The molecule has 3 rings (SSSR count). The van der Waals surface area contributed by atoms with Crippen molar-refractivity contribution in [2.75, 3.05) is 42.6 Å². The van der Waals surface area contributed by atoms with Crippen LogP contribution >= 0.6 is 15.9 Å². The number of rotatable bonds is 12. The van der Waals surface area contributed by atoms with Crippen molar-refractivity contribution in [3.05, 3.63) is 58.1 Å². The lowest BCUT2D eigenvalue weighted by atomic mass is 10.1. The minimum atomic E-state index is -3.55. The molecule has 3 N–H and O–H groups in total. The molecule has 35 heavy (non-hydrogen) atoms. The molecule has 10 heteroatoms. The predicted octanol–water partition coefficient (Wildman–Crippen LogP) is 3.65. The van der Waals surface area contributed by atoms with Crippen molar-refractivity contribution in [2.24, 2.45) is 0 Å². The highest BCUT2D eigenvalue weighted by atomic mass is 79.9. The van der Waals surface area contributed by atoms with Gasteiger partial charge in [0.25, 0.3) is 5.91 Å². The number of benzene rings is 2. The first-order chi connectivity index (χ1) is 16.7. The summed E-state index contributed by atoms with van der Waals surface area (Å²) < 4.78 is 26.2. The van der Waals surface area contributed by atoms with Crippen LogP contribution in [-0.2, 0) is 20.4 Å². The molecule has 0 fully saturated rings. The number of nitrogens with zero attached hydrogens (tertiary/aromatic N) is 1. The number of carbonyl (C=O) groups is 2. The summed E-state index contributed by atoms with van der Waals surface area (Å²) in [6.07, 6.45) is 2.13. The first-order valence-electron chi connectivity index (χ1n) is 11.9. The third-order valence-electron chi connectivity index (χ3n) is 5.68. The number of carbonyl (C=O) groups excluding carboxylic acids is 2. The summed E-state index contributed by atoms with van der Waals surface area (Å²) in [4.78, 5) is 27.6. The van der Waals surface area contributed by atoms with E-state index in [2.05, 4.69) is 50.6 Å². The molecule has 1 aliphatic rings. The fourth-order valence-corrected chi connectivity index (χ4v) is 6.09. The summed E-state index contributed by atoms with van der Waals surface area (Å²) >= 11 is 3.34. The third kappa shape index (κ3) is 8.05. The summed E-state index contributed by atoms with van der Waals surface area (Å²) in [6, 6.07) is 11.1. The summed E-state index contributed by atoms with van der Waals surface area (Å²) in [5, 5.41) is 8.70. The monoisotopic (exact) mass is 564 g/mol. The van der Waals surface area contributed by atoms with Gasteiger partial charge >= 0.3 is 0 Å². The second kappa shape index (κ2) is 12.5. The van der Waals surface area contributed by atoms with Crippen LogP contribution < -0.4 is 16.0 Å². The molecule has 2 aromatic carbocycles. The van der Waals surface area contributed by atoms with E-state index in [0.717, 1.165) is 36.9 Å². The van der Waals surface area contributed by atoms with Crippen molar-refractivity contribution >= 4 is 49.0 Å². The summed E-state index contributed by atoms with van der Waals surface area (Å²) in [6.45, 7) is 7.60. The van der Waals surface area contributed by atoms with Gasteiger partial charge < -0.3 is 20.9 Å². The van der Waals surface area contributed by atoms with Gasteiger partial charge in [-0.3, -0.25) is 9.59 Å². The maximum Gasteiger partial charge on any atom is 0.251 e. The standard InChI is InChI=1S/C25H33BrN4O4S/c1-3-11-30(12-4-2)13-10-27-24(31)19-8-9-21-22(15-19)29-25(32)23(28-21)17-35(33,34)16-18-6-5-7-20(26)14-18/h5-9,14-15,23,28H,3-4,10-13,16-17H2,1-2H3,(H,27,31)(H,29,32)/t23-/m0/s1. The number of fused-ring (bicyclic) bond motifs is 1. The van der Waals surface area contributed by atoms with E-state index in [1.54, 1.807) is 36.4 Å². The molecule has 0 spiro atoms.